The van der Waals surface area contributed by atoms with Crippen LogP contribution in [0.3, 0.4) is 0 Å². The van der Waals surface area contributed by atoms with Crippen molar-refractivity contribution in [3.05, 3.63) is 70.5 Å². The maximum Gasteiger partial charge on any atom is 0.433 e. The van der Waals surface area contributed by atoms with Gasteiger partial charge in [-0.2, -0.15) is 13.2 Å². The van der Waals surface area contributed by atoms with Crippen LogP contribution in [0.15, 0.2) is 48.7 Å². The molecule has 0 unspecified atom stereocenters. The molecule has 0 fully saturated rings. The number of anilines is 2. The first-order valence-electron chi connectivity index (χ1n) is 9.82. The molecule has 1 aliphatic rings. The van der Waals surface area contributed by atoms with Gasteiger partial charge < -0.3 is 10.0 Å². The molecule has 0 saturated carbocycles. The molecule has 0 spiro atoms. The van der Waals surface area contributed by atoms with Crippen LogP contribution < -0.4 is 9.62 Å². The van der Waals surface area contributed by atoms with E-state index in [-0.39, 0.29) is 28.9 Å². The van der Waals surface area contributed by atoms with Crippen molar-refractivity contribution in [3.8, 4) is 16.9 Å². The van der Waals surface area contributed by atoms with Crippen LogP contribution in [-0.2, 0) is 22.6 Å². The number of pyridine rings is 1. The first-order valence-corrected chi connectivity index (χ1v) is 12.1. The maximum absolute atomic E-state index is 13.1. The van der Waals surface area contributed by atoms with Crippen molar-refractivity contribution in [3.63, 3.8) is 0 Å². The van der Waals surface area contributed by atoms with Crippen LogP contribution in [0.5, 0.6) is 5.75 Å². The predicted molar refractivity (Wildman–Crippen MR) is 122 cm³/mol. The van der Waals surface area contributed by atoms with Gasteiger partial charge >= 0.3 is 6.18 Å². The van der Waals surface area contributed by atoms with Gasteiger partial charge in [-0.25, -0.2) is 8.42 Å². The molecule has 2 heterocycles. The molecule has 0 radical (unpaired) electrons. The normalized spacial score (nSPS) is 14.1. The highest BCUT2D eigenvalue weighted by Gasteiger charge is 2.33. The van der Waals surface area contributed by atoms with Crippen molar-refractivity contribution in [1.29, 1.82) is 0 Å². The van der Waals surface area contributed by atoms with Gasteiger partial charge in [-0.05, 0) is 47.9 Å². The molecule has 1 aromatic heterocycles. The molecule has 0 saturated heterocycles. The second kappa shape index (κ2) is 8.48. The molecule has 12 heteroatoms. The third kappa shape index (κ3) is 4.80. The number of phenolic OH excluding ortho intramolecular Hbond substituents is 1. The quantitative estimate of drug-likeness (QED) is 0.495. The van der Waals surface area contributed by atoms with Crippen molar-refractivity contribution in [2.45, 2.75) is 12.6 Å². The highest BCUT2D eigenvalue weighted by molar-refractivity contribution is 7.92. The molecule has 34 heavy (non-hydrogen) atoms. The largest absolute Gasteiger partial charge is 0.506 e. The third-order valence-corrected chi connectivity index (χ3v) is 6.13. The summed E-state index contributed by atoms with van der Waals surface area (Å²) in [6, 6.07) is 9.72. The Morgan fingerprint density at radius 3 is 2.50 bits per heavy atom. The number of halogens is 4. The number of carbonyl (C=O) groups is 1. The third-order valence-electron chi connectivity index (χ3n) is 5.23. The summed E-state index contributed by atoms with van der Waals surface area (Å²) in [5.41, 5.74) is 1.14. The predicted octanol–water partition coefficient (Wildman–Crippen LogP) is 4.70. The number of fused-ring (bicyclic) bond motifs is 1. The van der Waals surface area contributed by atoms with E-state index in [0.29, 0.717) is 34.4 Å². The van der Waals surface area contributed by atoms with E-state index in [0.717, 1.165) is 18.5 Å². The molecule has 1 amide bonds. The Labute approximate surface area is 197 Å². The minimum Gasteiger partial charge on any atom is -0.506 e. The van der Waals surface area contributed by atoms with E-state index >= 15 is 0 Å². The number of amides is 1. The fourth-order valence-electron chi connectivity index (χ4n) is 3.67. The number of aromatic hydroxyl groups is 1. The molecular formula is C22H17ClF3N3O4S. The number of benzene rings is 2. The van der Waals surface area contributed by atoms with Crippen molar-refractivity contribution >= 4 is 38.9 Å². The Hall–Kier alpha value is -3.31. The number of nitrogens with zero attached hydrogens (tertiary/aromatic N) is 2. The van der Waals surface area contributed by atoms with Gasteiger partial charge in [0.05, 0.1) is 17.0 Å². The lowest BCUT2D eigenvalue weighted by Gasteiger charge is -2.29. The van der Waals surface area contributed by atoms with Crippen LogP contribution >= 0.6 is 11.6 Å². The lowest BCUT2D eigenvalue weighted by molar-refractivity contribution is -0.141. The lowest BCUT2D eigenvalue weighted by atomic mass is 9.94. The summed E-state index contributed by atoms with van der Waals surface area (Å²) in [6.45, 7) is 0.261. The monoisotopic (exact) mass is 511 g/mol. The van der Waals surface area contributed by atoms with Crippen LogP contribution in [0.2, 0.25) is 5.02 Å². The van der Waals surface area contributed by atoms with Crippen LogP contribution in [0, 0.1) is 0 Å². The summed E-state index contributed by atoms with van der Waals surface area (Å²) in [6.07, 6.45) is -2.19. The van der Waals surface area contributed by atoms with Crippen molar-refractivity contribution in [2.24, 2.45) is 0 Å². The summed E-state index contributed by atoms with van der Waals surface area (Å²) in [5.74, 6) is -0.633. The number of nitrogens with one attached hydrogen (secondary N) is 1. The summed E-state index contributed by atoms with van der Waals surface area (Å²) >= 11 is 6.07. The molecule has 2 N–H and O–H groups in total. The maximum atomic E-state index is 13.1. The lowest BCUT2D eigenvalue weighted by Crippen LogP contribution is -2.37. The van der Waals surface area contributed by atoms with Gasteiger partial charge in [-0.3, -0.25) is 14.5 Å². The first-order chi connectivity index (χ1) is 15.8. The summed E-state index contributed by atoms with van der Waals surface area (Å²) in [7, 11) is -3.65. The minimum atomic E-state index is -4.61. The summed E-state index contributed by atoms with van der Waals surface area (Å²) in [5, 5.41) is 9.82. The van der Waals surface area contributed by atoms with E-state index in [1.54, 1.807) is 18.2 Å². The van der Waals surface area contributed by atoms with Gasteiger partial charge in [0.1, 0.15) is 11.4 Å². The highest BCUT2D eigenvalue weighted by Crippen LogP contribution is 2.36. The Morgan fingerprint density at radius 2 is 1.85 bits per heavy atom. The molecule has 0 bridgehead atoms. The number of rotatable bonds is 4. The Kier molecular flexibility index (Phi) is 5.94. The zero-order valence-electron chi connectivity index (χ0n) is 17.5. The highest BCUT2D eigenvalue weighted by atomic mass is 35.5. The number of aromatic nitrogens is 1. The van der Waals surface area contributed by atoms with Gasteiger partial charge in [0.25, 0.3) is 5.91 Å². The van der Waals surface area contributed by atoms with Crippen LogP contribution in [-0.4, -0.2) is 37.2 Å². The van der Waals surface area contributed by atoms with E-state index in [1.807, 2.05) is 0 Å². The van der Waals surface area contributed by atoms with Gasteiger partial charge in [-0.1, -0.05) is 23.7 Å². The van der Waals surface area contributed by atoms with E-state index < -0.39 is 21.9 Å². The summed E-state index contributed by atoms with van der Waals surface area (Å²) in [4.78, 5) is 18.0. The second-order valence-electron chi connectivity index (χ2n) is 7.70. The molecule has 4 rings (SSSR count). The van der Waals surface area contributed by atoms with Gasteiger partial charge in [0.2, 0.25) is 10.0 Å². The van der Waals surface area contributed by atoms with Crippen LogP contribution in [0.4, 0.5) is 24.5 Å². The molecule has 7 nitrogen and oxygen atoms in total. The number of phenols is 1. The molecule has 1 aliphatic heterocycles. The number of hydrogen-bond donors (Lipinski definition) is 2. The zero-order chi connectivity index (χ0) is 24.8. The van der Waals surface area contributed by atoms with E-state index in [2.05, 4.69) is 9.71 Å². The van der Waals surface area contributed by atoms with Crippen molar-refractivity contribution in [2.75, 3.05) is 22.4 Å². The van der Waals surface area contributed by atoms with E-state index in [1.165, 1.54) is 23.1 Å². The number of alkyl halides is 3. The molecular weight excluding hydrogens is 495 g/mol. The van der Waals surface area contributed by atoms with Crippen LogP contribution in [0.1, 0.15) is 21.6 Å². The number of sulfonamides is 1. The smallest absolute Gasteiger partial charge is 0.433 e. The Balaban J connectivity index is 1.64. The topological polar surface area (TPSA) is 99.6 Å². The van der Waals surface area contributed by atoms with E-state index in [9.17, 15) is 31.5 Å². The van der Waals surface area contributed by atoms with Gasteiger partial charge in [-0.15, -0.1) is 0 Å². The molecule has 0 atom stereocenters. The minimum absolute atomic E-state index is 0.0570. The fourth-order valence-corrected chi connectivity index (χ4v) is 4.50. The van der Waals surface area contributed by atoms with Gasteiger partial charge in [0.15, 0.2) is 0 Å². The first kappa shape index (κ1) is 23.8. The molecule has 3 aromatic rings. The second-order valence-corrected chi connectivity index (χ2v) is 9.86. The average molecular weight is 512 g/mol. The Morgan fingerprint density at radius 1 is 1.12 bits per heavy atom. The number of hydrogen-bond acceptors (Lipinski definition) is 5. The molecule has 0 aliphatic carbocycles. The van der Waals surface area contributed by atoms with E-state index in [4.69, 9.17) is 11.6 Å². The van der Waals surface area contributed by atoms with Gasteiger partial charge in [0, 0.05) is 29.6 Å². The zero-order valence-corrected chi connectivity index (χ0v) is 19.1. The van der Waals surface area contributed by atoms with Crippen molar-refractivity contribution in [1.82, 2.24) is 4.98 Å². The van der Waals surface area contributed by atoms with Crippen molar-refractivity contribution < 1.29 is 31.5 Å². The number of carbonyl (C=O) groups excluding carboxylic acids is 1. The fraction of sp³-hybridized carbons (Fsp3) is 0.182. The summed E-state index contributed by atoms with van der Waals surface area (Å²) < 4.78 is 63.9. The molecule has 2 aromatic carbocycles. The average Bonchev–Trinajstić information content (AvgIpc) is 2.74. The SMILES string of the molecule is CS(=O)(=O)Nc1cc(N2CCc3cc(-c4cnc(C(F)(F)F)cc4Cl)ccc3C2=O)ccc1O. The Bertz CT molecular complexity index is 1410. The standard InChI is InChI=1S/C22H17ClF3N3O4S/c1-34(32,33)28-18-9-14(3-5-19(18)30)29-7-6-13-8-12(2-4-15(13)21(29)31)16-11-27-20(10-17(16)23)22(24,25)26/h2-5,8-11,28,30H,6-7H2,1H3. The van der Waals surface area contributed by atoms with Crippen LogP contribution in [0.25, 0.3) is 11.1 Å². The molecule has 178 valence electrons.